The fourth-order valence-electron chi connectivity index (χ4n) is 3.46. The first kappa shape index (κ1) is 23.7. The molecule has 11 heteroatoms. The molecule has 1 aromatic carbocycles. The number of hydrogen-bond acceptors (Lipinski definition) is 4. The minimum Gasteiger partial charge on any atom is -0.481 e. The summed E-state index contributed by atoms with van der Waals surface area (Å²) in [5, 5.41) is 11.5. The van der Waals surface area contributed by atoms with Crippen molar-refractivity contribution in [2.75, 3.05) is 17.4 Å². The molecule has 1 aliphatic rings. The summed E-state index contributed by atoms with van der Waals surface area (Å²) in [6, 6.07) is 5.97. The van der Waals surface area contributed by atoms with Crippen molar-refractivity contribution in [3.05, 3.63) is 42.0 Å². The largest absolute Gasteiger partial charge is 0.516 e. The van der Waals surface area contributed by atoms with Gasteiger partial charge in [0.2, 0.25) is 5.91 Å². The average molecular weight is 448 g/mol. The SMILES string of the molecule is C/C=C/C(CC(=O)O)CC(=O)NCCC1CN(S(=O)(=O)C(F)(F)F)c2ccccc21. The fourth-order valence-corrected chi connectivity index (χ4v) is 4.51. The Hall–Kier alpha value is -2.56. The highest BCUT2D eigenvalue weighted by Crippen LogP contribution is 2.42. The summed E-state index contributed by atoms with van der Waals surface area (Å²) in [5.74, 6) is -2.39. The lowest BCUT2D eigenvalue weighted by Gasteiger charge is -2.21. The molecular weight excluding hydrogens is 425 g/mol. The maximum absolute atomic E-state index is 13.0. The van der Waals surface area contributed by atoms with Crippen LogP contribution in [0.3, 0.4) is 0 Å². The van der Waals surface area contributed by atoms with Gasteiger partial charge >= 0.3 is 21.5 Å². The van der Waals surface area contributed by atoms with Gasteiger partial charge in [0.15, 0.2) is 0 Å². The van der Waals surface area contributed by atoms with Gasteiger partial charge in [-0.3, -0.25) is 13.9 Å². The molecule has 2 unspecified atom stereocenters. The Kier molecular flexibility index (Phi) is 7.51. The number of para-hydroxylation sites is 1. The Bertz CT molecular complexity index is 915. The first-order valence-corrected chi connectivity index (χ1v) is 10.7. The molecule has 1 amide bonds. The molecule has 1 aromatic rings. The van der Waals surface area contributed by atoms with Crippen LogP contribution < -0.4 is 9.62 Å². The number of fused-ring (bicyclic) bond motifs is 1. The molecule has 0 fully saturated rings. The van der Waals surface area contributed by atoms with E-state index in [1.54, 1.807) is 31.2 Å². The van der Waals surface area contributed by atoms with Crippen LogP contribution in [0.1, 0.15) is 37.7 Å². The third-order valence-corrected chi connectivity index (χ3v) is 6.29. The number of carbonyl (C=O) groups excluding carboxylic acids is 1. The number of carboxylic acid groups (broad SMARTS) is 1. The summed E-state index contributed by atoms with van der Waals surface area (Å²) >= 11 is 0. The van der Waals surface area contributed by atoms with Crippen molar-refractivity contribution in [2.45, 2.75) is 37.6 Å². The summed E-state index contributed by atoms with van der Waals surface area (Å²) in [7, 11) is -5.51. The fraction of sp³-hybridized carbons (Fsp3) is 0.474. The van der Waals surface area contributed by atoms with Gasteiger partial charge in [0, 0.05) is 25.4 Å². The van der Waals surface area contributed by atoms with E-state index in [1.807, 2.05) is 0 Å². The van der Waals surface area contributed by atoms with Crippen LogP contribution in [0.15, 0.2) is 36.4 Å². The van der Waals surface area contributed by atoms with E-state index < -0.39 is 33.3 Å². The third kappa shape index (κ3) is 5.53. The topological polar surface area (TPSA) is 104 Å². The predicted molar refractivity (Wildman–Crippen MR) is 104 cm³/mol. The number of nitrogens with zero attached hydrogens (tertiary/aromatic N) is 1. The van der Waals surface area contributed by atoms with E-state index in [2.05, 4.69) is 5.32 Å². The van der Waals surface area contributed by atoms with E-state index in [0.29, 0.717) is 9.87 Å². The standard InChI is InChI=1S/C19H23F3N2O5S/c1-2-5-13(11-18(26)27)10-17(25)23-9-8-14-12-24(30(28,29)19(20,21)22)16-7-4-3-6-15(14)16/h2-7,13-14H,8-12H2,1H3,(H,23,25)(H,26,27)/b5-2+. The highest BCUT2D eigenvalue weighted by Gasteiger charge is 2.52. The normalized spacial score (nSPS) is 17.7. The number of rotatable bonds is 9. The summed E-state index contributed by atoms with van der Waals surface area (Å²) in [5.41, 5.74) is -4.95. The predicted octanol–water partition coefficient (Wildman–Crippen LogP) is 3.00. The molecule has 0 bridgehead atoms. The van der Waals surface area contributed by atoms with E-state index in [9.17, 15) is 31.2 Å². The van der Waals surface area contributed by atoms with Gasteiger partial charge in [-0.1, -0.05) is 30.4 Å². The number of carbonyl (C=O) groups is 2. The lowest BCUT2D eigenvalue weighted by atomic mass is 9.97. The molecule has 0 aromatic heterocycles. The lowest BCUT2D eigenvalue weighted by Crippen LogP contribution is -2.40. The van der Waals surface area contributed by atoms with Crippen LogP contribution >= 0.6 is 0 Å². The van der Waals surface area contributed by atoms with Crippen molar-refractivity contribution in [1.29, 1.82) is 0 Å². The average Bonchev–Trinajstić information content (AvgIpc) is 3.00. The molecule has 7 nitrogen and oxygen atoms in total. The number of benzene rings is 1. The number of hydrogen-bond donors (Lipinski definition) is 2. The van der Waals surface area contributed by atoms with Gasteiger partial charge in [-0.25, -0.2) is 0 Å². The van der Waals surface area contributed by atoms with E-state index in [1.165, 1.54) is 12.1 Å². The number of carboxylic acids is 1. The zero-order chi connectivity index (χ0) is 22.5. The van der Waals surface area contributed by atoms with Crippen LogP contribution in [0, 0.1) is 5.92 Å². The number of alkyl halides is 3. The molecule has 2 N–H and O–H groups in total. The van der Waals surface area contributed by atoms with Crippen molar-refractivity contribution < 1.29 is 36.3 Å². The number of aliphatic carboxylic acids is 1. The Morgan fingerprint density at radius 3 is 2.57 bits per heavy atom. The molecule has 0 aliphatic carbocycles. The molecule has 166 valence electrons. The van der Waals surface area contributed by atoms with E-state index >= 15 is 0 Å². The van der Waals surface area contributed by atoms with E-state index in [-0.39, 0.29) is 43.9 Å². The smallest absolute Gasteiger partial charge is 0.481 e. The van der Waals surface area contributed by atoms with Crippen LogP contribution in [0.4, 0.5) is 18.9 Å². The van der Waals surface area contributed by atoms with Crippen molar-refractivity contribution in [3.8, 4) is 0 Å². The maximum Gasteiger partial charge on any atom is 0.516 e. The van der Waals surface area contributed by atoms with Crippen LogP contribution in [-0.2, 0) is 19.6 Å². The van der Waals surface area contributed by atoms with E-state index in [4.69, 9.17) is 5.11 Å². The summed E-state index contributed by atoms with van der Waals surface area (Å²) in [6.07, 6.45) is 3.29. The monoisotopic (exact) mass is 448 g/mol. The van der Waals surface area contributed by atoms with Crippen molar-refractivity contribution in [3.63, 3.8) is 0 Å². The number of nitrogens with one attached hydrogen (secondary N) is 1. The van der Waals surface area contributed by atoms with Crippen molar-refractivity contribution in [1.82, 2.24) is 5.32 Å². The molecular formula is C19H23F3N2O5S. The number of allylic oxidation sites excluding steroid dienone is 2. The highest BCUT2D eigenvalue weighted by molar-refractivity contribution is 7.93. The van der Waals surface area contributed by atoms with Crippen LogP contribution in [0.2, 0.25) is 0 Å². The Balaban J connectivity index is 2.01. The second kappa shape index (κ2) is 9.50. The molecule has 1 heterocycles. The van der Waals surface area contributed by atoms with Gasteiger partial charge in [0.25, 0.3) is 0 Å². The highest BCUT2D eigenvalue weighted by atomic mass is 32.2. The van der Waals surface area contributed by atoms with Gasteiger partial charge in [0.05, 0.1) is 12.1 Å². The van der Waals surface area contributed by atoms with Gasteiger partial charge in [-0.15, -0.1) is 0 Å². The number of halogens is 3. The lowest BCUT2D eigenvalue weighted by molar-refractivity contribution is -0.137. The molecule has 2 atom stereocenters. The summed E-state index contributed by atoms with van der Waals surface area (Å²) in [4.78, 5) is 22.9. The molecule has 0 saturated heterocycles. The second-order valence-electron chi connectivity index (χ2n) is 6.96. The maximum atomic E-state index is 13.0. The van der Waals surface area contributed by atoms with E-state index in [0.717, 1.165) is 0 Å². The van der Waals surface area contributed by atoms with Crippen LogP contribution in [0.5, 0.6) is 0 Å². The van der Waals surface area contributed by atoms with Crippen molar-refractivity contribution >= 4 is 27.6 Å². The molecule has 0 saturated carbocycles. The first-order valence-electron chi connectivity index (χ1n) is 9.26. The molecule has 30 heavy (non-hydrogen) atoms. The van der Waals surface area contributed by atoms with Crippen LogP contribution in [-0.4, -0.2) is 44.0 Å². The minimum atomic E-state index is -5.51. The first-order chi connectivity index (χ1) is 14.0. The second-order valence-corrected chi connectivity index (χ2v) is 8.82. The number of anilines is 1. The van der Waals surface area contributed by atoms with Crippen LogP contribution in [0.25, 0.3) is 0 Å². The zero-order valence-corrected chi connectivity index (χ0v) is 17.0. The number of sulfonamides is 1. The molecule has 2 rings (SSSR count). The zero-order valence-electron chi connectivity index (χ0n) is 16.2. The molecule has 0 radical (unpaired) electrons. The molecule has 1 aliphatic heterocycles. The summed E-state index contributed by atoms with van der Waals surface area (Å²) in [6.45, 7) is 1.47. The third-order valence-electron chi connectivity index (χ3n) is 4.78. The van der Waals surface area contributed by atoms with Crippen molar-refractivity contribution in [2.24, 2.45) is 5.92 Å². The summed E-state index contributed by atoms with van der Waals surface area (Å²) < 4.78 is 63.2. The van der Waals surface area contributed by atoms with Gasteiger partial charge in [-0.2, -0.15) is 21.6 Å². The van der Waals surface area contributed by atoms with Gasteiger partial charge in [0.1, 0.15) is 0 Å². The number of amides is 1. The van der Waals surface area contributed by atoms with Gasteiger partial charge < -0.3 is 10.4 Å². The molecule has 0 spiro atoms. The van der Waals surface area contributed by atoms with Gasteiger partial charge in [-0.05, 0) is 30.9 Å². The quantitative estimate of drug-likeness (QED) is 0.566. The Morgan fingerprint density at radius 1 is 1.30 bits per heavy atom. The minimum absolute atomic E-state index is 0.0132. The Morgan fingerprint density at radius 2 is 1.97 bits per heavy atom. The Labute approximate surface area is 172 Å².